The lowest BCUT2D eigenvalue weighted by molar-refractivity contribution is 0.0980. The first-order chi connectivity index (χ1) is 12.2. The Hall–Kier alpha value is -3.09. The van der Waals surface area contributed by atoms with Crippen molar-refractivity contribution in [2.24, 2.45) is 5.92 Å². The van der Waals surface area contributed by atoms with E-state index in [0.717, 1.165) is 18.5 Å². The molecule has 1 aromatic carbocycles. The van der Waals surface area contributed by atoms with Gasteiger partial charge in [-0.25, -0.2) is 4.39 Å². The number of halogens is 1. The van der Waals surface area contributed by atoms with Crippen LogP contribution in [0.4, 0.5) is 10.1 Å². The van der Waals surface area contributed by atoms with E-state index >= 15 is 0 Å². The third-order valence-corrected chi connectivity index (χ3v) is 4.11. The highest BCUT2D eigenvalue weighted by Gasteiger charge is 2.29. The molecule has 7 heteroatoms. The van der Waals surface area contributed by atoms with Crippen LogP contribution in [0, 0.1) is 11.7 Å². The molecule has 3 aromatic rings. The molecule has 126 valence electrons. The molecule has 0 N–H and O–H groups in total. The second-order valence-corrected chi connectivity index (χ2v) is 6.07. The van der Waals surface area contributed by atoms with Gasteiger partial charge in [-0.3, -0.25) is 9.78 Å². The number of aromatic nitrogens is 4. The molecule has 1 aliphatic carbocycles. The number of pyridine rings is 1. The number of amides is 1. The predicted molar refractivity (Wildman–Crippen MR) is 90.0 cm³/mol. The van der Waals surface area contributed by atoms with Gasteiger partial charge in [-0.05, 0) is 55.2 Å². The van der Waals surface area contributed by atoms with Crippen LogP contribution >= 0.6 is 0 Å². The van der Waals surface area contributed by atoms with E-state index in [0.29, 0.717) is 18.2 Å². The molecule has 2 aromatic heterocycles. The minimum atomic E-state index is -0.334. The summed E-state index contributed by atoms with van der Waals surface area (Å²) in [6.07, 6.45) is 7.04. The van der Waals surface area contributed by atoms with Gasteiger partial charge in [-0.1, -0.05) is 0 Å². The van der Waals surface area contributed by atoms with Gasteiger partial charge in [0.15, 0.2) is 5.69 Å². The number of rotatable bonds is 5. The third kappa shape index (κ3) is 3.40. The number of hydrogen-bond acceptors (Lipinski definition) is 4. The maximum Gasteiger partial charge on any atom is 0.280 e. The lowest BCUT2D eigenvalue weighted by Gasteiger charge is -2.21. The maximum absolute atomic E-state index is 13.0. The van der Waals surface area contributed by atoms with E-state index in [4.69, 9.17) is 0 Å². The van der Waals surface area contributed by atoms with Gasteiger partial charge < -0.3 is 4.90 Å². The van der Waals surface area contributed by atoms with Crippen LogP contribution in [0.3, 0.4) is 0 Å². The van der Waals surface area contributed by atoms with Crippen LogP contribution in [-0.4, -0.2) is 32.4 Å². The highest BCUT2D eigenvalue weighted by molar-refractivity contribution is 6.04. The van der Waals surface area contributed by atoms with Gasteiger partial charge in [0.05, 0.1) is 23.8 Å². The van der Waals surface area contributed by atoms with Gasteiger partial charge in [0, 0.05) is 12.7 Å². The van der Waals surface area contributed by atoms with Crippen LogP contribution < -0.4 is 4.90 Å². The number of nitrogens with zero attached hydrogens (tertiary/aromatic N) is 5. The Labute approximate surface area is 143 Å². The van der Waals surface area contributed by atoms with Crippen molar-refractivity contribution < 1.29 is 9.18 Å². The quantitative estimate of drug-likeness (QED) is 0.718. The van der Waals surface area contributed by atoms with Gasteiger partial charge in [-0.2, -0.15) is 9.90 Å². The Morgan fingerprint density at radius 2 is 2.00 bits per heavy atom. The molecule has 1 saturated carbocycles. The van der Waals surface area contributed by atoms with Gasteiger partial charge in [-0.15, -0.1) is 5.10 Å². The van der Waals surface area contributed by atoms with Crippen molar-refractivity contribution in [1.82, 2.24) is 20.0 Å². The molecule has 1 fully saturated rings. The molecule has 1 amide bonds. The molecule has 6 nitrogen and oxygen atoms in total. The van der Waals surface area contributed by atoms with Crippen LogP contribution in [0.15, 0.2) is 55.0 Å². The van der Waals surface area contributed by atoms with Crippen molar-refractivity contribution in [3.63, 3.8) is 0 Å². The molecule has 0 atom stereocenters. The molecule has 0 bridgehead atoms. The molecule has 0 spiro atoms. The standard InChI is InChI=1S/C18H16FN5O/c19-14-5-7-15(8-6-14)24-21-11-17(22-24)18(25)23(12-13-3-4-13)16-2-1-9-20-10-16/h1-2,5-11,13H,3-4,12H2. The second kappa shape index (κ2) is 6.43. The molecule has 25 heavy (non-hydrogen) atoms. The van der Waals surface area contributed by atoms with Crippen molar-refractivity contribution in [3.05, 3.63) is 66.5 Å². The van der Waals surface area contributed by atoms with Crippen molar-refractivity contribution in [2.75, 3.05) is 11.4 Å². The fourth-order valence-corrected chi connectivity index (χ4v) is 2.58. The van der Waals surface area contributed by atoms with E-state index in [2.05, 4.69) is 15.2 Å². The van der Waals surface area contributed by atoms with Gasteiger partial charge in [0.2, 0.25) is 0 Å². The van der Waals surface area contributed by atoms with Gasteiger partial charge >= 0.3 is 0 Å². The molecule has 0 aliphatic heterocycles. The smallest absolute Gasteiger partial charge is 0.280 e. The Balaban J connectivity index is 1.61. The largest absolute Gasteiger partial charge is 0.305 e. The zero-order valence-electron chi connectivity index (χ0n) is 13.4. The van der Waals surface area contributed by atoms with Crippen LogP contribution in [0.2, 0.25) is 0 Å². The zero-order chi connectivity index (χ0) is 17.2. The Morgan fingerprint density at radius 1 is 1.20 bits per heavy atom. The molecule has 2 heterocycles. The lowest BCUT2D eigenvalue weighted by atomic mass is 10.2. The summed E-state index contributed by atoms with van der Waals surface area (Å²) in [5, 5.41) is 8.38. The topological polar surface area (TPSA) is 63.9 Å². The molecule has 0 unspecified atom stereocenters. The van der Waals surface area contributed by atoms with Crippen LogP contribution in [0.25, 0.3) is 5.69 Å². The second-order valence-electron chi connectivity index (χ2n) is 6.07. The van der Waals surface area contributed by atoms with Crippen LogP contribution in [-0.2, 0) is 0 Å². The van der Waals surface area contributed by atoms with Crippen molar-refractivity contribution in [2.45, 2.75) is 12.8 Å². The number of hydrogen-bond donors (Lipinski definition) is 0. The van der Waals surface area contributed by atoms with Crippen LogP contribution in [0.1, 0.15) is 23.3 Å². The molecule has 0 saturated heterocycles. The SMILES string of the molecule is O=C(c1cnn(-c2ccc(F)cc2)n1)N(CC1CC1)c1cccnc1. The highest BCUT2D eigenvalue weighted by Crippen LogP contribution is 2.31. The number of anilines is 1. The van der Waals surface area contributed by atoms with E-state index in [-0.39, 0.29) is 17.4 Å². The fourth-order valence-electron chi connectivity index (χ4n) is 2.58. The normalized spacial score (nSPS) is 13.6. The van der Waals surface area contributed by atoms with Crippen molar-refractivity contribution >= 4 is 11.6 Å². The third-order valence-electron chi connectivity index (χ3n) is 4.11. The van der Waals surface area contributed by atoms with E-state index < -0.39 is 0 Å². The van der Waals surface area contributed by atoms with E-state index in [9.17, 15) is 9.18 Å². The minimum absolute atomic E-state index is 0.215. The first kappa shape index (κ1) is 15.4. The molecule has 4 rings (SSSR count). The van der Waals surface area contributed by atoms with E-state index in [1.807, 2.05) is 6.07 Å². The molecular weight excluding hydrogens is 321 g/mol. The summed E-state index contributed by atoms with van der Waals surface area (Å²) < 4.78 is 13.0. The zero-order valence-corrected chi connectivity index (χ0v) is 13.4. The lowest BCUT2D eigenvalue weighted by Crippen LogP contribution is -2.33. The first-order valence-electron chi connectivity index (χ1n) is 8.11. The maximum atomic E-state index is 13.0. The van der Waals surface area contributed by atoms with Crippen molar-refractivity contribution in [1.29, 1.82) is 0 Å². The number of carbonyl (C=O) groups excluding carboxylic acids is 1. The van der Waals surface area contributed by atoms with Crippen LogP contribution in [0.5, 0.6) is 0 Å². The predicted octanol–water partition coefficient (Wildman–Crippen LogP) is 2.86. The van der Waals surface area contributed by atoms with Gasteiger partial charge in [0.1, 0.15) is 5.82 Å². The van der Waals surface area contributed by atoms with E-state index in [1.165, 1.54) is 23.1 Å². The summed E-state index contributed by atoms with van der Waals surface area (Å²) in [7, 11) is 0. The summed E-state index contributed by atoms with van der Waals surface area (Å²) >= 11 is 0. The minimum Gasteiger partial charge on any atom is -0.305 e. The monoisotopic (exact) mass is 337 g/mol. The highest BCUT2D eigenvalue weighted by atomic mass is 19.1. The number of carbonyl (C=O) groups is 1. The molecular formula is C18H16FN5O. The van der Waals surface area contributed by atoms with Gasteiger partial charge in [0.25, 0.3) is 5.91 Å². The summed E-state index contributed by atoms with van der Waals surface area (Å²) in [6.45, 7) is 0.647. The fraction of sp³-hybridized carbons (Fsp3) is 0.222. The molecule has 1 aliphatic rings. The summed E-state index contributed by atoms with van der Waals surface area (Å²) in [5.41, 5.74) is 1.58. The average Bonchev–Trinajstić information content (AvgIpc) is 3.34. The van der Waals surface area contributed by atoms with Crippen molar-refractivity contribution in [3.8, 4) is 5.69 Å². The average molecular weight is 337 g/mol. The Bertz CT molecular complexity index is 874. The Kier molecular flexibility index (Phi) is 3.97. The number of benzene rings is 1. The summed E-state index contributed by atoms with van der Waals surface area (Å²) in [6, 6.07) is 9.44. The molecule has 0 radical (unpaired) electrons. The Morgan fingerprint density at radius 3 is 2.68 bits per heavy atom. The summed E-state index contributed by atoms with van der Waals surface area (Å²) in [5.74, 6) is -0.0241. The first-order valence-corrected chi connectivity index (χ1v) is 8.11. The summed E-state index contributed by atoms with van der Waals surface area (Å²) in [4.78, 5) is 20.1. The van der Waals surface area contributed by atoms with E-state index in [1.54, 1.807) is 35.5 Å².